The van der Waals surface area contributed by atoms with Gasteiger partial charge in [0.05, 0.1) is 17.9 Å². The van der Waals surface area contributed by atoms with Crippen LogP contribution in [0.2, 0.25) is 0 Å². The summed E-state index contributed by atoms with van der Waals surface area (Å²) in [4.78, 5) is 14.1. The summed E-state index contributed by atoms with van der Waals surface area (Å²) in [5.41, 5.74) is 5.74. The smallest absolute Gasteiger partial charge is 0.256 e. The molecule has 1 unspecified atom stereocenters. The van der Waals surface area contributed by atoms with Crippen molar-refractivity contribution in [1.29, 1.82) is 0 Å². The lowest BCUT2D eigenvalue weighted by Gasteiger charge is -2.29. The fraction of sp³-hybridized carbons (Fsp3) is 0.500. The highest BCUT2D eigenvalue weighted by molar-refractivity contribution is 5.99. The van der Waals surface area contributed by atoms with Crippen molar-refractivity contribution >= 4 is 11.6 Å². The highest BCUT2D eigenvalue weighted by Crippen LogP contribution is 2.19. The van der Waals surface area contributed by atoms with Crippen molar-refractivity contribution in [1.82, 2.24) is 4.90 Å². The van der Waals surface area contributed by atoms with Crippen LogP contribution in [0, 0.1) is 5.82 Å². The van der Waals surface area contributed by atoms with Crippen LogP contribution in [-0.2, 0) is 4.74 Å². The van der Waals surface area contributed by atoms with E-state index >= 15 is 0 Å². The minimum atomic E-state index is -0.568. The number of nitrogens with two attached hydrogens (primary N) is 1. The van der Waals surface area contributed by atoms with Crippen LogP contribution in [0.5, 0.6) is 0 Å². The molecule has 4 nitrogen and oxygen atoms in total. The largest absolute Gasteiger partial charge is 0.396 e. The zero-order chi connectivity index (χ0) is 14.4. The molecule has 0 bridgehead atoms. The molecule has 5 heteroatoms. The van der Waals surface area contributed by atoms with Gasteiger partial charge >= 0.3 is 0 Å². The monoisotopic (exact) mass is 268 g/mol. The van der Waals surface area contributed by atoms with Gasteiger partial charge in [0.15, 0.2) is 0 Å². The van der Waals surface area contributed by atoms with Crippen molar-refractivity contribution in [2.45, 2.75) is 26.3 Å². The Morgan fingerprint density at radius 2 is 2.21 bits per heavy atom. The van der Waals surface area contributed by atoms with Gasteiger partial charge < -0.3 is 15.4 Å². The number of ether oxygens (including phenoxy) is 1. The van der Waals surface area contributed by atoms with Crippen molar-refractivity contribution in [2.75, 3.05) is 26.0 Å². The lowest BCUT2D eigenvalue weighted by Crippen LogP contribution is -2.40. The molecule has 1 aromatic rings. The van der Waals surface area contributed by atoms with Crippen molar-refractivity contribution in [3.63, 3.8) is 0 Å². The Kier molecular flexibility index (Phi) is 5.76. The van der Waals surface area contributed by atoms with E-state index < -0.39 is 5.82 Å². The summed E-state index contributed by atoms with van der Waals surface area (Å²) in [5.74, 6) is -0.829. The predicted octanol–water partition coefficient (Wildman–Crippen LogP) is 2.30. The van der Waals surface area contributed by atoms with Gasteiger partial charge in [-0.15, -0.1) is 0 Å². The Balaban J connectivity index is 3.01. The van der Waals surface area contributed by atoms with E-state index in [2.05, 4.69) is 0 Å². The molecule has 1 amide bonds. The maximum absolute atomic E-state index is 13.4. The number of carbonyl (C=O) groups is 1. The first-order valence-corrected chi connectivity index (χ1v) is 6.36. The van der Waals surface area contributed by atoms with Gasteiger partial charge in [0.25, 0.3) is 5.91 Å². The first-order chi connectivity index (χ1) is 9.02. The second kappa shape index (κ2) is 7.09. The average molecular weight is 268 g/mol. The highest BCUT2D eigenvalue weighted by atomic mass is 19.1. The molecule has 0 fully saturated rings. The molecule has 0 saturated heterocycles. The standard InChI is InChI=1S/C14H21FN2O2/c1-4-10(2)17(8-9-19-3)14(18)11-6-5-7-12(15)13(11)16/h5-7,10H,4,8-9,16H2,1-3H3. The molecule has 0 aromatic heterocycles. The van der Waals surface area contributed by atoms with E-state index in [4.69, 9.17) is 10.5 Å². The Hall–Kier alpha value is -1.62. The number of para-hydroxylation sites is 1. The van der Waals surface area contributed by atoms with Crippen molar-refractivity contribution in [2.24, 2.45) is 0 Å². The van der Waals surface area contributed by atoms with Crippen LogP contribution in [0.25, 0.3) is 0 Å². The van der Waals surface area contributed by atoms with Gasteiger partial charge in [-0.1, -0.05) is 13.0 Å². The summed E-state index contributed by atoms with van der Waals surface area (Å²) in [6, 6.07) is 4.33. The van der Waals surface area contributed by atoms with Crippen LogP contribution in [0.15, 0.2) is 18.2 Å². The first-order valence-electron chi connectivity index (χ1n) is 6.36. The van der Waals surface area contributed by atoms with E-state index in [0.717, 1.165) is 6.42 Å². The number of anilines is 1. The number of nitrogens with zero attached hydrogens (tertiary/aromatic N) is 1. The van der Waals surface area contributed by atoms with Gasteiger partial charge in [-0.25, -0.2) is 4.39 Å². The molecule has 19 heavy (non-hydrogen) atoms. The highest BCUT2D eigenvalue weighted by Gasteiger charge is 2.22. The minimum absolute atomic E-state index is 0.0466. The zero-order valence-corrected chi connectivity index (χ0v) is 11.6. The zero-order valence-electron chi connectivity index (χ0n) is 11.6. The molecule has 1 aromatic carbocycles. The van der Waals surface area contributed by atoms with Gasteiger partial charge in [0, 0.05) is 19.7 Å². The lowest BCUT2D eigenvalue weighted by atomic mass is 10.1. The SMILES string of the molecule is CCC(C)N(CCOC)C(=O)c1cccc(F)c1N. The molecular weight excluding hydrogens is 247 g/mol. The molecular formula is C14H21FN2O2. The fourth-order valence-corrected chi connectivity index (χ4v) is 1.81. The Labute approximate surface area is 113 Å². The van der Waals surface area contributed by atoms with E-state index in [-0.39, 0.29) is 23.2 Å². The number of carbonyl (C=O) groups excluding carboxylic acids is 1. The van der Waals surface area contributed by atoms with Gasteiger partial charge in [-0.3, -0.25) is 4.79 Å². The summed E-state index contributed by atoms with van der Waals surface area (Å²) in [6.07, 6.45) is 0.810. The first kappa shape index (κ1) is 15.4. The molecule has 0 heterocycles. The Morgan fingerprint density at radius 1 is 1.53 bits per heavy atom. The number of hydrogen-bond acceptors (Lipinski definition) is 3. The van der Waals surface area contributed by atoms with Crippen LogP contribution >= 0.6 is 0 Å². The van der Waals surface area contributed by atoms with Crippen LogP contribution in [0.4, 0.5) is 10.1 Å². The molecule has 106 valence electrons. The minimum Gasteiger partial charge on any atom is -0.396 e. The predicted molar refractivity (Wildman–Crippen MR) is 73.5 cm³/mol. The quantitative estimate of drug-likeness (QED) is 0.805. The van der Waals surface area contributed by atoms with E-state index in [9.17, 15) is 9.18 Å². The second-order valence-electron chi connectivity index (χ2n) is 4.45. The van der Waals surface area contributed by atoms with Crippen LogP contribution < -0.4 is 5.73 Å². The summed E-state index contributed by atoms with van der Waals surface area (Å²) < 4.78 is 18.4. The van der Waals surface area contributed by atoms with Crippen molar-refractivity contribution < 1.29 is 13.9 Å². The number of hydrogen-bond donors (Lipinski definition) is 1. The Bertz CT molecular complexity index is 437. The topological polar surface area (TPSA) is 55.6 Å². The van der Waals surface area contributed by atoms with Gasteiger partial charge in [0.1, 0.15) is 5.82 Å². The molecule has 0 saturated carbocycles. The summed E-state index contributed by atoms with van der Waals surface area (Å²) >= 11 is 0. The molecule has 0 radical (unpaired) electrons. The second-order valence-corrected chi connectivity index (χ2v) is 4.45. The summed E-state index contributed by atoms with van der Waals surface area (Å²) in [5, 5.41) is 0. The molecule has 1 rings (SSSR count). The summed E-state index contributed by atoms with van der Waals surface area (Å²) in [6.45, 7) is 4.83. The fourth-order valence-electron chi connectivity index (χ4n) is 1.81. The Morgan fingerprint density at radius 3 is 2.79 bits per heavy atom. The van der Waals surface area contributed by atoms with E-state index in [0.29, 0.717) is 13.2 Å². The number of methoxy groups -OCH3 is 1. The number of rotatable bonds is 6. The maximum atomic E-state index is 13.4. The van der Waals surface area contributed by atoms with E-state index in [1.807, 2.05) is 13.8 Å². The molecule has 0 aliphatic heterocycles. The van der Waals surface area contributed by atoms with Crippen molar-refractivity contribution in [3.05, 3.63) is 29.6 Å². The molecule has 2 N–H and O–H groups in total. The molecule has 0 aliphatic rings. The average Bonchev–Trinajstić information content (AvgIpc) is 2.41. The number of nitrogen functional groups attached to an aromatic ring is 1. The van der Waals surface area contributed by atoms with E-state index in [1.165, 1.54) is 12.1 Å². The third kappa shape index (κ3) is 3.67. The molecule has 0 aliphatic carbocycles. The normalized spacial score (nSPS) is 12.2. The van der Waals surface area contributed by atoms with Crippen LogP contribution in [0.3, 0.4) is 0 Å². The molecule has 0 spiro atoms. The van der Waals surface area contributed by atoms with Crippen LogP contribution in [-0.4, -0.2) is 37.1 Å². The summed E-state index contributed by atoms with van der Waals surface area (Å²) in [7, 11) is 1.58. The van der Waals surface area contributed by atoms with Gasteiger partial charge in [0.2, 0.25) is 0 Å². The maximum Gasteiger partial charge on any atom is 0.256 e. The number of amides is 1. The number of halogens is 1. The van der Waals surface area contributed by atoms with Gasteiger partial charge in [-0.05, 0) is 25.5 Å². The van der Waals surface area contributed by atoms with Crippen molar-refractivity contribution in [3.8, 4) is 0 Å². The van der Waals surface area contributed by atoms with E-state index in [1.54, 1.807) is 18.1 Å². The molecule has 1 atom stereocenters. The lowest BCUT2D eigenvalue weighted by molar-refractivity contribution is 0.0614. The van der Waals surface area contributed by atoms with Gasteiger partial charge in [-0.2, -0.15) is 0 Å². The van der Waals surface area contributed by atoms with Crippen LogP contribution in [0.1, 0.15) is 30.6 Å². The third-order valence-corrected chi connectivity index (χ3v) is 3.20. The third-order valence-electron chi connectivity index (χ3n) is 3.20. The number of benzene rings is 1.